The number of ether oxygens (including phenoxy) is 1. The third-order valence-corrected chi connectivity index (χ3v) is 3.52. The summed E-state index contributed by atoms with van der Waals surface area (Å²) in [7, 11) is 3.40. The zero-order chi connectivity index (χ0) is 15.7. The van der Waals surface area contributed by atoms with Gasteiger partial charge in [0.15, 0.2) is 5.65 Å². The van der Waals surface area contributed by atoms with E-state index < -0.39 is 0 Å². The van der Waals surface area contributed by atoms with Crippen molar-refractivity contribution in [2.24, 2.45) is 7.05 Å². The third kappa shape index (κ3) is 2.30. The molecule has 3 aromatic rings. The van der Waals surface area contributed by atoms with Gasteiger partial charge in [-0.1, -0.05) is 13.0 Å². The Labute approximate surface area is 127 Å². The monoisotopic (exact) mass is 299 g/mol. The quantitative estimate of drug-likeness (QED) is 0.772. The van der Waals surface area contributed by atoms with Gasteiger partial charge in [0.25, 0.3) is 5.91 Å². The van der Waals surface area contributed by atoms with Gasteiger partial charge < -0.3 is 10.1 Å². The summed E-state index contributed by atoms with van der Waals surface area (Å²) >= 11 is 0. The largest absolute Gasteiger partial charge is 0.497 e. The number of carbonyl (C=O) groups excluding carboxylic acids is 1. The molecule has 22 heavy (non-hydrogen) atoms. The van der Waals surface area contributed by atoms with Gasteiger partial charge in [0.2, 0.25) is 0 Å². The van der Waals surface area contributed by atoms with Crippen LogP contribution in [0.3, 0.4) is 0 Å². The number of carbonyl (C=O) groups is 1. The molecule has 3 rings (SSSR count). The van der Waals surface area contributed by atoms with Crippen molar-refractivity contribution < 1.29 is 9.53 Å². The summed E-state index contributed by atoms with van der Waals surface area (Å²) in [6.07, 6.45) is 0.763. The average molecular weight is 299 g/mol. The molecular weight excluding hydrogens is 282 g/mol. The Morgan fingerprint density at radius 3 is 3.00 bits per heavy atom. The smallest absolute Gasteiger partial charge is 0.256 e. The van der Waals surface area contributed by atoms with E-state index in [0.717, 1.165) is 23.1 Å². The molecule has 0 aliphatic heterocycles. The van der Waals surface area contributed by atoms with Gasteiger partial charge >= 0.3 is 0 Å². The molecule has 7 nitrogen and oxygen atoms in total. The molecule has 0 fully saturated rings. The Balaban J connectivity index is 1.94. The summed E-state index contributed by atoms with van der Waals surface area (Å²) in [5.41, 5.74) is 2.13. The van der Waals surface area contributed by atoms with Crippen molar-refractivity contribution in [2.45, 2.75) is 13.3 Å². The number of fused-ring (bicyclic) bond motifs is 1. The zero-order valence-electron chi connectivity index (χ0n) is 12.7. The molecular formula is C15H17N5O2. The van der Waals surface area contributed by atoms with E-state index in [0.29, 0.717) is 17.1 Å². The number of H-pyrrole nitrogens is 1. The first-order valence-electron chi connectivity index (χ1n) is 6.99. The van der Waals surface area contributed by atoms with Gasteiger partial charge in [-0.2, -0.15) is 10.2 Å². The minimum absolute atomic E-state index is 0.227. The number of nitrogens with zero attached hydrogens (tertiary/aromatic N) is 3. The van der Waals surface area contributed by atoms with Crippen LogP contribution in [-0.2, 0) is 13.5 Å². The molecule has 2 aromatic heterocycles. The number of amides is 1. The van der Waals surface area contributed by atoms with Gasteiger partial charge in [0, 0.05) is 12.6 Å². The lowest BCUT2D eigenvalue weighted by atomic mass is 10.2. The fourth-order valence-electron chi connectivity index (χ4n) is 2.41. The van der Waals surface area contributed by atoms with Crippen molar-refractivity contribution in [3.05, 3.63) is 35.5 Å². The Morgan fingerprint density at radius 1 is 1.45 bits per heavy atom. The lowest BCUT2D eigenvalue weighted by Crippen LogP contribution is -2.12. The molecule has 1 amide bonds. The van der Waals surface area contributed by atoms with Crippen molar-refractivity contribution in [2.75, 3.05) is 12.4 Å². The van der Waals surface area contributed by atoms with Crippen molar-refractivity contribution in [3.63, 3.8) is 0 Å². The zero-order valence-corrected chi connectivity index (χ0v) is 12.7. The predicted molar refractivity (Wildman–Crippen MR) is 83.2 cm³/mol. The fourth-order valence-corrected chi connectivity index (χ4v) is 2.41. The van der Waals surface area contributed by atoms with Crippen LogP contribution < -0.4 is 10.1 Å². The van der Waals surface area contributed by atoms with E-state index in [1.54, 1.807) is 36.1 Å². The number of anilines is 1. The second-order valence-electron chi connectivity index (χ2n) is 4.91. The van der Waals surface area contributed by atoms with Crippen LogP contribution in [0.4, 0.5) is 5.82 Å². The van der Waals surface area contributed by atoms with E-state index in [1.807, 2.05) is 14.0 Å². The number of rotatable bonds is 4. The number of nitrogens with one attached hydrogen (secondary N) is 2. The Hall–Kier alpha value is -2.83. The van der Waals surface area contributed by atoms with Crippen LogP contribution in [-0.4, -0.2) is 33.0 Å². The number of hydrogen-bond acceptors (Lipinski definition) is 4. The standard InChI is InChI=1S/C15H17N5O2/c1-4-11-12-13(17-18-14(12)20(2)19-11)16-15(21)9-6-5-7-10(8-9)22-3/h5-8H,4H2,1-3H3,(H2,16,17,18,21). The molecule has 0 atom stereocenters. The fraction of sp³-hybridized carbons (Fsp3) is 0.267. The van der Waals surface area contributed by atoms with E-state index in [9.17, 15) is 4.79 Å². The minimum atomic E-state index is -0.227. The molecule has 2 heterocycles. The molecule has 0 aliphatic carbocycles. The van der Waals surface area contributed by atoms with E-state index in [2.05, 4.69) is 20.6 Å². The minimum Gasteiger partial charge on any atom is -0.497 e. The van der Waals surface area contributed by atoms with Crippen LogP contribution in [0, 0.1) is 0 Å². The highest BCUT2D eigenvalue weighted by atomic mass is 16.5. The Morgan fingerprint density at radius 2 is 2.27 bits per heavy atom. The van der Waals surface area contributed by atoms with Gasteiger partial charge in [-0.15, -0.1) is 0 Å². The van der Waals surface area contributed by atoms with Gasteiger partial charge in [0.05, 0.1) is 18.2 Å². The van der Waals surface area contributed by atoms with Crippen LogP contribution >= 0.6 is 0 Å². The number of benzene rings is 1. The maximum absolute atomic E-state index is 12.4. The average Bonchev–Trinajstić information content (AvgIpc) is 3.09. The second-order valence-corrected chi connectivity index (χ2v) is 4.91. The maximum Gasteiger partial charge on any atom is 0.256 e. The van der Waals surface area contributed by atoms with Crippen LogP contribution in [0.1, 0.15) is 23.0 Å². The third-order valence-electron chi connectivity index (χ3n) is 3.52. The molecule has 0 unspecified atom stereocenters. The number of aromatic amines is 1. The normalized spacial score (nSPS) is 10.9. The first kappa shape index (κ1) is 14.1. The van der Waals surface area contributed by atoms with Crippen molar-refractivity contribution in [3.8, 4) is 5.75 Å². The number of methoxy groups -OCH3 is 1. The van der Waals surface area contributed by atoms with Crippen LogP contribution in [0.2, 0.25) is 0 Å². The summed E-state index contributed by atoms with van der Waals surface area (Å²) in [5.74, 6) is 0.973. The summed E-state index contributed by atoms with van der Waals surface area (Å²) in [5, 5.41) is 15.2. The molecule has 0 radical (unpaired) electrons. The lowest BCUT2D eigenvalue weighted by Gasteiger charge is -2.05. The SMILES string of the molecule is CCc1nn(C)c2n[nH]c(NC(=O)c3cccc(OC)c3)c12. The highest BCUT2D eigenvalue weighted by Crippen LogP contribution is 2.25. The van der Waals surface area contributed by atoms with Crippen molar-refractivity contribution in [1.29, 1.82) is 0 Å². The molecule has 0 aliphatic rings. The van der Waals surface area contributed by atoms with Gasteiger partial charge in [-0.3, -0.25) is 9.89 Å². The summed E-state index contributed by atoms with van der Waals surface area (Å²) in [4.78, 5) is 12.4. The number of hydrogen-bond donors (Lipinski definition) is 2. The summed E-state index contributed by atoms with van der Waals surface area (Å²) < 4.78 is 6.84. The lowest BCUT2D eigenvalue weighted by molar-refractivity contribution is 0.102. The van der Waals surface area contributed by atoms with Gasteiger partial charge in [0.1, 0.15) is 11.6 Å². The summed E-state index contributed by atoms with van der Waals surface area (Å²) in [6.45, 7) is 2.02. The first-order chi connectivity index (χ1) is 10.6. The topological polar surface area (TPSA) is 84.8 Å². The highest BCUT2D eigenvalue weighted by Gasteiger charge is 2.17. The molecule has 0 bridgehead atoms. The van der Waals surface area contributed by atoms with Gasteiger partial charge in [-0.05, 0) is 24.6 Å². The van der Waals surface area contributed by atoms with Crippen molar-refractivity contribution >= 4 is 22.8 Å². The van der Waals surface area contributed by atoms with E-state index in [-0.39, 0.29) is 5.91 Å². The van der Waals surface area contributed by atoms with Crippen LogP contribution in [0.15, 0.2) is 24.3 Å². The molecule has 0 saturated carbocycles. The van der Waals surface area contributed by atoms with Gasteiger partial charge in [-0.25, -0.2) is 4.68 Å². The molecule has 2 N–H and O–H groups in total. The Bertz CT molecular complexity index is 834. The number of aromatic nitrogens is 4. The predicted octanol–water partition coefficient (Wildman–Crippen LogP) is 2.12. The molecule has 1 aromatic carbocycles. The maximum atomic E-state index is 12.4. The molecule has 7 heteroatoms. The van der Waals surface area contributed by atoms with E-state index in [4.69, 9.17) is 4.74 Å². The van der Waals surface area contributed by atoms with Crippen LogP contribution in [0.25, 0.3) is 11.0 Å². The van der Waals surface area contributed by atoms with Crippen LogP contribution in [0.5, 0.6) is 5.75 Å². The van der Waals surface area contributed by atoms with E-state index >= 15 is 0 Å². The second kappa shape index (κ2) is 5.51. The Kier molecular flexibility index (Phi) is 3.54. The number of aryl methyl sites for hydroxylation is 2. The van der Waals surface area contributed by atoms with Crippen molar-refractivity contribution in [1.82, 2.24) is 20.0 Å². The van der Waals surface area contributed by atoms with E-state index in [1.165, 1.54) is 0 Å². The first-order valence-corrected chi connectivity index (χ1v) is 6.99. The molecule has 0 saturated heterocycles. The summed E-state index contributed by atoms with van der Waals surface area (Å²) in [6, 6.07) is 6.99. The highest BCUT2D eigenvalue weighted by molar-refractivity contribution is 6.08. The molecule has 0 spiro atoms. The molecule has 114 valence electrons.